The molecule has 0 aromatic heterocycles. The fourth-order valence-electron chi connectivity index (χ4n) is 0.674. The summed E-state index contributed by atoms with van der Waals surface area (Å²) >= 11 is 5.48. The number of aromatic hydroxyl groups is 1. The molecule has 0 unspecified atom stereocenters. The van der Waals surface area contributed by atoms with Crippen LogP contribution in [0.5, 0.6) is 11.5 Å². The van der Waals surface area contributed by atoms with Crippen molar-refractivity contribution in [2.45, 2.75) is 0 Å². The number of halogens is 1. The lowest BCUT2D eigenvalue weighted by Crippen LogP contribution is -2.18. The predicted molar refractivity (Wildman–Crippen MR) is 46.9 cm³/mol. The first-order valence-electron chi connectivity index (χ1n) is 3.09. The van der Waals surface area contributed by atoms with Gasteiger partial charge in [0.1, 0.15) is 11.5 Å². The average molecular weight is 224 g/mol. The Hall–Kier alpha value is -0.980. The zero-order chi connectivity index (χ0) is 10.1. The second-order valence-corrected chi connectivity index (χ2v) is 3.75. The number of hydrogen-bond donors (Lipinski definition) is 2. The molecule has 3 N–H and O–H groups in total. The lowest BCUT2D eigenvalue weighted by molar-refractivity contribution is 0.469. The first-order valence-corrected chi connectivity index (χ1v) is 4.94. The lowest BCUT2D eigenvalue weighted by Gasteiger charge is -2.02. The molecule has 5 nitrogen and oxygen atoms in total. The van der Waals surface area contributed by atoms with Crippen LogP contribution >= 0.6 is 11.6 Å². The van der Waals surface area contributed by atoms with Crippen molar-refractivity contribution in [1.82, 2.24) is 0 Å². The average Bonchev–Trinajstić information content (AvgIpc) is 1.94. The minimum Gasteiger partial charge on any atom is -0.506 e. The molecule has 0 fully saturated rings. The normalized spacial score (nSPS) is 11.2. The van der Waals surface area contributed by atoms with Crippen LogP contribution in [0, 0.1) is 0 Å². The van der Waals surface area contributed by atoms with Gasteiger partial charge < -0.3 is 9.29 Å². The molecule has 0 heterocycles. The van der Waals surface area contributed by atoms with Gasteiger partial charge in [0.25, 0.3) is 0 Å². The van der Waals surface area contributed by atoms with Crippen LogP contribution in [0.15, 0.2) is 18.2 Å². The van der Waals surface area contributed by atoms with Crippen molar-refractivity contribution in [3.05, 3.63) is 23.2 Å². The smallest absolute Gasteiger partial charge is 0.380 e. The van der Waals surface area contributed by atoms with Crippen LogP contribution in [-0.2, 0) is 10.3 Å². The molecule has 0 aliphatic rings. The van der Waals surface area contributed by atoms with Crippen LogP contribution in [0.4, 0.5) is 0 Å². The molecule has 1 aromatic carbocycles. The lowest BCUT2D eigenvalue weighted by atomic mass is 10.3. The van der Waals surface area contributed by atoms with Gasteiger partial charge >= 0.3 is 10.3 Å². The SMILES string of the molecule is NS(=O)(=O)Oc1ccc(O)c(Cl)c1. The summed E-state index contributed by atoms with van der Waals surface area (Å²) < 4.78 is 25.2. The van der Waals surface area contributed by atoms with Crippen molar-refractivity contribution in [1.29, 1.82) is 0 Å². The summed E-state index contributed by atoms with van der Waals surface area (Å²) in [6, 6.07) is 3.57. The summed E-state index contributed by atoms with van der Waals surface area (Å²) in [5.41, 5.74) is 0. The number of rotatable bonds is 2. The van der Waals surface area contributed by atoms with Crippen LogP contribution < -0.4 is 9.32 Å². The summed E-state index contributed by atoms with van der Waals surface area (Å²) in [7, 11) is -4.05. The third-order valence-corrected chi connectivity index (χ3v) is 1.86. The maximum absolute atomic E-state index is 10.4. The predicted octanol–water partition coefficient (Wildman–Crippen LogP) is 0.628. The summed E-state index contributed by atoms with van der Waals surface area (Å²) in [5.74, 6) is -0.214. The summed E-state index contributed by atoms with van der Waals surface area (Å²) in [6.07, 6.45) is 0. The fraction of sp³-hybridized carbons (Fsp3) is 0. The number of phenols is 1. The molecule has 0 saturated carbocycles. The number of benzene rings is 1. The number of hydrogen-bond acceptors (Lipinski definition) is 4. The van der Waals surface area contributed by atoms with Gasteiger partial charge in [-0.2, -0.15) is 13.6 Å². The van der Waals surface area contributed by atoms with Crippen molar-refractivity contribution in [3.63, 3.8) is 0 Å². The molecule has 0 aliphatic heterocycles. The molecule has 0 amide bonds. The maximum atomic E-state index is 10.4. The van der Waals surface area contributed by atoms with E-state index in [4.69, 9.17) is 16.7 Å². The second-order valence-electron chi connectivity index (χ2n) is 2.19. The minimum absolute atomic E-state index is 0.0128. The van der Waals surface area contributed by atoms with Crippen LogP contribution in [-0.4, -0.2) is 13.5 Å². The van der Waals surface area contributed by atoms with E-state index in [1.807, 2.05) is 0 Å². The molecule has 0 saturated heterocycles. The summed E-state index contributed by atoms with van der Waals surface area (Å²) in [6.45, 7) is 0. The first kappa shape index (κ1) is 10.1. The van der Waals surface area contributed by atoms with E-state index in [9.17, 15) is 8.42 Å². The van der Waals surface area contributed by atoms with Crippen molar-refractivity contribution < 1.29 is 17.7 Å². The van der Waals surface area contributed by atoms with E-state index >= 15 is 0 Å². The molecule has 0 atom stereocenters. The Morgan fingerprint density at radius 1 is 1.46 bits per heavy atom. The fourth-order valence-corrected chi connectivity index (χ4v) is 1.22. The molecular formula is C6H6ClNO4S. The van der Waals surface area contributed by atoms with Crippen molar-refractivity contribution in [2.24, 2.45) is 5.14 Å². The first-order chi connectivity index (χ1) is 5.88. The summed E-state index contributed by atoms with van der Waals surface area (Å²) in [5, 5.41) is 13.6. The molecule has 0 bridgehead atoms. The quantitative estimate of drug-likeness (QED) is 0.770. The third kappa shape index (κ3) is 3.10. The molecule has 1 rings (SSSR count). The van der Waals surface area contributed by atoms with Gasteiger partial charge in [-0.25, -0.2) is 0 Å². The van der Waals surface area contributed by atoms with E-state index < -0.39 is 10.3 Å². The molecule has 0 spiro atoms. The number of nitrogens with two attached hydrogens (primary N) is 1. The van der Waals surface area contributed by atoms with Gasteiger partial charge in [-0.3, -0.25) is 0 Å². The van der Waals surface area contributed by atoms with E-state index in [2.05, 4.69) is 9.32 Å². The highest BCUT2D eigenvalue weighted by molar-refractivity contribution is 7.84. The monoisotopic (exact) mass is 223 g/mol. The molecule has 0 radical (unpaired) electrons. The van der Waals surface area contributed by atoms with Gasteiger partial charge in [-0.05, 0) is 12.1 Å². The van der Waals surface area contributed by atoms with E-state index in [0.29, 0.717) is 0 Å². The molecule has 1 aromatic rings. The van der Waals surface area contributed by atoms with Gasteiger partial charge in [-0.1, -0.05) is 11.6 Å². The standard InChI is InChI=1S/C6H6ClNO4S/c7-5-3-4(1-2-6(5)9)12-13(8,10)11/h1-3,9H,(H2,8,10,11). The molecule has 72 valence electrons. The Balaban J connectivity index is 2.99. The third-order valence-electron chi connectivity index (χ3n) is 1.13. The Morgan fingerprint density at radius 2 is 2.08 bits per heavy atom. The topological polar surface area (TPSA) is 89.6 Å². The highest BCUT2D eigenvalue weighted by Crippen LogP contribution is 2.27. The maximum Gasteiger partial charge on any atom is 0.380 e. The van der Waals surface area contributed by atoms with E-state index in [1.165, 1.54) is 12.1 Å². The van der Waals surface area contributed by atoms with Crippen LogP contribution in [0.2, 0.25) is 5.02 Å². The summed E-state index contributed by atoms with van der Waals surface area (Å²) in [4.78, 5) is 0. The van der Waals surface area contributed by atoms with E-state index in [-0.39, 0.29) is 16.5 Å². The van der Waals surface area contributed by atoms with Gasteiger partial charge in [0.05, 0.1) is 5.02 Å². The Bertz CT molecular complexity index is 417. The van der Waals surface area contributed by atoms with Gasteiger partial charge in [0.2, 0.25) is 0 Å². The zero-order valence-corrected chi connectivity index (χ0v) is 7.84. The van der Waals surface area contributed by atoms with Crippen molar-refractivity contribution in [2.75, 3.05) is 0 Å². The van der Waals surface area contributed by atoms with Crippen molar-refractivity contribution in [3.8, 4) is 11.5 Å². The van der Waals surface area contributed by atoms with Crippen LogP contribution in [0.25, 0.3) is 0 Å². The molecule has 13 heavy (non-hydrogen) atoms. The Kier molecular flexibility index (Phi) is 2.65. The molecule has 7 heteroatoms. The molecular weight excluding hydrogens is 218 g/mol. The second kappa shape index (κ2) is 3.41. The van der Waals surface area contributed by atoms with Gasteiger partial charge in [-0.15, -0.1) is 0 Å². The highest BCUT2D eigenvalue weighted by atomic mass is 35.5. The van der Waals surface area contributed by atoms with Crippen molar-refractivity contribution >= 4 is 21.9 Å². The van der Waals surface area contributed by atoms with Gasteiger partial charge in [0.15, 0.2) is 0 Å². The largest absolute Gasteiger partial charge is 0.506 e. The minimum atomic E-state index is -4.05. The highest BCUT2D eigenvalue weighted by Gasteiger charge is 2.06. The van der Waals surface area contributed by atoms with Crippen LogP contribution in [0.3, 0.4) is 0 Å². The number of phenolic OH excluding ortho intramolecular Hbond substituents is 1. The van der Waals surface area contributed by atoms with E-state index in [0.717, 1.165) is 6.07 Å². The molecule has 0 aliphatic carbocycles. The van der Waals surface area contributed by atoms with E-state index in [1.54, 1.807) is 0 Å². The zero-order valence-electron chi connectivity index (χ0n) is 6.27. The van der Waals surface area contributed by atoms with Gasteiger partial charge in [0, 0.05) is 6.07 Å². The Morgan fingerprint density at radius 3 is 2.54 bits per heavy atom. The van der Waals surface area contributed by atoms with Crippen LogP contribution in [0.1, 0.15) is 0 Å². The Labute approximate surface area is 80.0 Å².